The minimum absolute atomic E-state index is 0.0505. The van der Waals surface area contributed by atoms with Crippen LogP contribution in [0.2, 0.25) is 0 Å². The highest BCUT2D eigenvalue weighted by Crippen LogP contribution is 2.29. The van der Waals surface area contributed by atoms with Crippen LogP contribution in [0.1, 0.15) is 29.6 Å². The Hall–Kier alpha value is -1.75. The average molecular weight is 301 g/mol. The number of nitrogens with one attached hydrogen (secondary N) is 1. The molecule has 1 aliphatic rings. The summed E-state index contributed by atoms with van der Waals surface area (Å²) in [5.41, 5.74) is 6.48. The Morgan fingerprint density at radius 1 is 1.33 bits per heavy atom. The molecule has 1 aliphatic carbocycles. The zero-order valence-corrected chi connectivity index (χ0v) is 12.8. The first kappa shape index (κ1) is 14.2. The molecule has 0 aliphatic heterocycles. The molecular weight excluding hydrogens is 282 g/mol. The largest absolute Gasteiger partial charge is 0.383 e. The first-order chi connectivity index (χ1) is 10.2. The third kappa shape index (κ3) is 2.83. The minimum atomic E-state index is -0.0505. The zero-order valence-electron chi connectivity index (χ0n) is 12.0. The van der Waals surface area contributed by atoms with Crippen molar-refractivity contribution >= 4 is 34.3 Å². The number of fused-ring (bicyclic) bond motifs is 1. The fourth-order valence-electron chi connectivity index (χ4n) is 2.94. The van der Waals surface area contributed by atoms with Crippen LogP contribution in [0.25, 0.3) is 10.8 Å². The number of benzene rings is 1. The molecule has 0 radical (unpaired) electrons. The quantitative estimate of drug-likeness (QED) is 0.914. The molecule has 1 amide bonds. The number of nitrogens with zero attached hydrogens (tertiary/aromatic N) is 1. The number of rotatable bonds is 3. The van der Waals surface area contributed by atoms with Crippen LogP contribution in [0, 0.1) is 0 Å². The fraction of sp³-hybridized carbons (Fsp3) is 0.375. The third-order valence-corrected chi connectivity index (χ3v) is 5.22. The van der Waals surface area contributed by atoms with Gasteiger partial charge < -0.3 is 11.1 Å². The first-order valence-electron chi connectivity index (χ1n) is 7.16. The maximum atomic E-state index is 12.5. The highest BCUT2D eigenvalue weighted by Gasteiger charge is 2.26. The van der Waals surface area contributed by atoms with Crippen molar-refractivity contribution in [3.05, 3.63) is 36.0 Å². The number of carbonyl (C=O) groups excluding carboxylic acids is 1. The van der Waals surface area contributed by atoms with Gasteiger partial charge in [-0.15, -0.1) is 0 Å². The molecule has 0 spiro atoms. The fourth-order valence-corrected chi connectivity index (χ4v) is 3.74. The Morgan fingerprint density at radius 3 is 2.81 bits per heavy atom. The van der Waals surface area contributed by atoms with Gasteiger partial charge in [0.25, 0.3) is 5.91 Å². The van der Waals surface area contributed by atoms with E-state index in [-0.39, 0.29) is 11.9 Å². The van der Waals surface area contributed by atoms with Gasteiger partial charge in [0, 0.05) is 22.9 Å². The topological polar surface area (TPSA) is 68.0 Å². The summed E-state index contributed by atoms with van der Waals surface area (Å²) in [6.45, 7) is 0. The van der Waals surface area contributed by atoms with Gasteiger partial charge in [-0.05, 0) is 30.9 Å². The Labute approximate surface area is 128 Å². The van der Waals surface area contributed by atoms with Crippen molar-refractivity contribution in [3.63, 3.8) is 0 Å². The second-order valence-electron chi connectivity index (χ2n) is 5.44. The molecule has 2 atom stereocenters. The molecule has 3 rings (SSSR count). The number of carbonyl (C=O) groups is 1. The van der Waals surface area contributed by atoms with Crippen molar-refractivity contribution < 1.29 is 4.79 Å². The van der Waals surface area contributed by atoms with Crippen LogP contribution < -0.4 is 11.1 Å². The van der Waals surface area contributed by atoms with E-state index in [4.69, 9.17) is 5.73 Å². The van der Waals surface area contributed by atoms with Gasteiger partial charge in [-0.2, -0.15) is 11.8 Å². The van der Waals surface area contributed by atoms with E-state index in [9.17, 15) is 4.79 Å². The van der Waals surface area contributed by atoms with Crippen molar-refractivity contribution in [2.45, 2.75) is 30.6 Å². The van der Waals surface area contributed by atoms with Gasteiger partial charge in [0.05, 0.1) is 5.56 Å². The Balaban J connectivity index is 1.84. The summed E-state index contributed by atoms with van der Waals surface area (Å²) in [6, 6.07) is 7.90. The van der Waals surface area contributed by atoms with E-state index >= 15 is 0 Å². The van der Waals surface area contributed by atoms with Gasteiger partial charge in [0.1, 0.15) is 5.82 Å². The molecule has 1 fully saturated rings. The summed E-state index contributed by atoms with van der Waals surface area (Å²) in [7, 11) is 0. The van der Waals surface area contributed by atoms with E-state index in [0.29, 0.717) is 16.6 Å². The number of nitrogens with two attached hydrogens (primary N) is 1. The van der Waals surface area contributed by atoms with Crippen molar-refractivity contribution in [2.75, 3.05) is 12.0 Å². The minimum Gasteiger partial charge on any atom is -0.383 e. The number of hydrogen-bond donors (Lipinski definition) is 2. The normalized spacial score (nSPS) is 21.6. The van der Waals surface area contributed by atoms with Gasteiger partial charge in [-0.1, -0.05) is 24.3 Å². The lowest BCUT2D eigenvalue weighted by Gasteiger charge is -2.14. The molecule has 1 aromatic heterocycles. The molecule has 4 nitrogen and oxygen atoms in total. The second-order valence-corrected chi connectivity index (χ2v) is 6.58. The van der Waals surface area contributed by atoms with Gasteiger partial charge in [-0.3, -0.25) is 4.79 Å². The lowest BCUT2D eigenvalue weighted by atomic mass is 10.1. The van der Waals surface area contributed by atoms with Crippen molar-refractivity contribution in [2.24, 2.45) is 0 Å². The lowest BCUT2D eigenvalue weighted by molar-refractivity contribution is 0.0939. The summed E-state index contributed by atoms with van der Waals surface area (Å²) in [6.07, 6.45) is 6.98. The van der Waals surface area contributed by atoms with Crippen LogP contribution in [0.15, 0.2) is 30.5 Å². The number of pyridine rings is 1. The monoisotopic (exact) mass is 301 g/mol. The molecule has 2 unspecified atom stereocenters. The number of aromatic nitrogens is 1. The van der Waals surface area contributed by atoms with E-state index < -0.39 is 0 Å². The molecule has 1 aromatic carbocycles. The molecule has 5 heteroatoms. The zero-order chi connectivity index (χ0) is 14.8. The van der Waals surface area contributed by atoms with Gasteiger partial charge in [0.2, 0.25) is 0 Å². The van der Waals surface area contributed by atoms with Gasteiger partial charge >= 0.3 is 0 Å². The van der Waals surface area contributed by atoms with Crippen molar-refractivity contribution in [1.82, 2.24) is 10.3 Å². The summed E-state index contributed by atoms with van der Waals surface area (Å²) >= 11 is 1.88. The number of nitrogen functional groups attached to an aromatic ring is 1. The predicted molar refractivity (Wildman–Crippen MR) is 88.6 cm³/mol. The number of anilines is 1. The molecule has 110 valence electrons. The molecular formula is C16H19N3OS. The Kier molecular flexibility index (Phi) is 4.01. The Bertz CT molecular complexity index is 674. The van der Waals surface area contributed by atoms with E-state index in [1.54, 1.807) is 6.20 Å². The van der Waals surface area contributed by atoms with Crippen LogP contribution in [-0.4, -0.2) is 28.4 Å². The number of amides is 1. The highest BCUT2D eigenvalue weighted by atomic mass is 32.2. The lowest BCUT2D eigenvalue weighted by Crippen LogP contribution is -2.33. The van der Waals surface area contributed by atoms with Gasteiger partial charge in [0.15, 0.2) is 0 Å². The molecule has 2 aromatic rings. The van der Waals surface area contributed by atoms with Crippen LogP contribution >= 0.6 is 11.8 Å². The molecule has 1 heterocycles. The standard InChI is InChI=1S/C16H19N3OS/c1-21-11-7-6-10(8-11)19-16(20)14-9-18-15(17)13-5-3-2-4-12(13)14/h2-5,9-11H,6-8H2,1H3,(H2,17,18)(H,19,20). The molecule has 0 saturated heterocycles. The molecule has 1 saturated carbocycles. The summed E-state index contributed by atoms with van der Waals surface area (Å²) in [5.74, 6) is 0.413. The van der Waals surface area contributed by atoms with Crippen LogP contribution in [-0.2, 0) is 0 Å². The number of hydrogen-bond acceptors (Lipinski definition) is 4. The summed E-state index contributed by atoms with van der Waals surface area (Å²) in [4.78, 5) is 16.7. The summed E-state index contributed by atoms with van der Waals surface area (Å²) in [5, 5.41) is 5.50. The van der Waals surface area contributed by atoms with Crippen LogP contribution in [0.4, 0.5) is 5.82 Å². The van der Waals surface area contributed by atoms with Crippen LogP contribution in [0.5, 0.6) is 0 Å². The molecule has 0 bridgehead atoms. The van der Waals surface area contributed by atoms with Crippen molar-refractivity contribution in [1.29, 1.82) is 0 Å². The summed E-state index contributed by atoms with van der Waals surface area (Å²) < 4.78 is 0. The smallest absolute Gasteiger partial charge is 0.253 e. The highest BCUT2D eigenvalue weighted by molar-refractivity contribution is 7.99. The predicted octanol–water partition coefficient (Wildman–Crippen LogP) is 2.83. The maximum Gasteiger partial charge on any atom is 0.253 e. The Morgan fingerprint density at radius 2 is 2.10 bits per heavy atom. The third-order valence-electron chi connectivity index (χ3n) is 4.12. The average Bonchev–Trinajstić information content (AvgIpc) is 2.95. The van der Waals surface area contributed by atoms with Gasteiger partial charge in [-0.25, -0.2) is 4.98 Å². The van der Waals surface area contributed by atoms with E-state index in [0.717, 1.165) is 23.6 Å². The SMILES string of the molecule is CSC1CCC(NC(=O)c2cnc(N)c3ccccc23)C1. The van der Waals surface area contributed by atoms with Crippen LogP contribution in [0.3, 0.4) is 0 Å². The molecule has 21 heavy (non-hydrogen) atoms. The van der Waals surface area contributed by atoms with E-state index in [1.807, 2.05) is 36.0 Å². The van der Waals surface area contributed by atoms with E-state index in [2.05, 4.69) is 16.6 Å². The maximum absolute atomic E-state index is 12.5. The second kappa shape index (κ2) is 5.93. The number of thioether (sulfide) groups is 1. The van der Waals surface area contributed by atoms with Crippen molar-refractivity contribution in [3.8, 4) is 0 Å². The first-order valence-corrected chi connectivity index (χ1v) is 8.44. The van der Waals surface area contributed by atoms with E-state index in [1.165, 1.54) is 6.42 Å². The molecule has 3 N–H and O–H groups in total.